The lowest BCUT2D eigenvalue weighted by Crippen LogP contribution is -2.54. The first kappa shape index (κ1) is 13.9. The molecule has 1 rings (SSSR count). The van der Waals surface area contributed by atoms with Crippen molar-refractivity contribution in [2.24, 2.45) is 5.73 Å². The second kappa shape index (κ2) is 5.97. The van der Waals surface area contributed by atoms with E-state index in [1.54, 1.807) is 4.90 Å². The Morgan fingerprint density at radius 1 is 1.24 bits per heavy atom. The Kier molecular flexibility index (Phi) is 4.89. The summed E-state index contributed by atoms with van der Waals surface area (Å²) in [7, 11) is 0. The Balaban J connectivity index is 2.43. The lowest BCUT2D eigenvalue weighted by atomic mass is 10.1. The molecular formula is C11H21N3O3. The minimum Gasteiger partial charge on any atom is -0.481 e. The zero-order valence-corrected chi connectivity index (χ0v) is 10.4. The highest BCUT2D eigenvalue weighted by molar-refractivity contribution is 5.86. The van der Waals surface area contributed by atoms with E-state index in [0.717, 1.165) is 13.1 Å². The third-order valence-corrected chi connectivity index (χ3v) is 3.07. The number of aliphatic carboxylic acids is 1. The molecule has 1 atom stereocenters. The molecule has 98 valence electrons. The van der Waals surface area contributed by atoms with E-state index in [-0.39, 0.29) is 12.3 Å². The Hall–Kier alpha value is -1.14. The van der Waals surface area contributed by atoms with Crippen LogP contribution in [0.2, 0.25) is 0 Å². The van der Waals surface area contributed by atoms with E-state index in [1.807, 2.05) is 0 Å². The maximum absolute atomic E-state index is 11.8. The van der Waals surface area contributed by atoms with Crippen LogP contribution in [0.15, 0.2) is 0 Å². The number of hydrogen-bond acceptors (Lipinski definition) is 4. The largest absolute Gasteiger partial charge is 0.481 e. The summed E-state index contributed by atoms with van der Waals surface area (Å²) in [6, 6.07) is -0.446. The van der Waals surface area contributed by atoms with Gasteiger partial charge in [0, 0.05) is 32.2 Å². The molecule has 1 saturated heterocycles. The number of nitrogens with two attached hydrogens (primary N) is 1. The highest BCUT2D eigenvalue weighted by atomic mass is 16.4. The zero-order valence-electron chi connectivity index (χ0n) is 10.4. The van der Waals surface area contributed by atoms with E-state index in [2.05, 4.69) is 18.7 Å². The number of amides is 1. The fourth-order valence-corrected chi connectivity index (χ4v) is 1.97. The number of nitrogens with zero attached hydrogens (tertiary/aromatic N) is 2. The van der Waals surface area contributed by atoms with Crippen molar-refractivity contribution < 1.29 is 14.7 Å². The molecule has 0 radical (unpaired) electrons. The summed E-state index contributed by atoms with van der Waals surface area (Å²) in [5.74, 6) is -1.29. The van der Waals surface area contributed by atoms with E-state index < -0.39 is 12.0 Å². The second-order valence-electron chi connectivity index (χ2n) is 4.66. The van der Waals surface area contributed by atoms with E-state index in [0.29, 0.717) is 19.1 Å². The molecular weight excluding hydrogens is 222 g/mol. The molecule has 6 nitrogen and oxygen atoms in total. The highest BCUT2D eigenvalue weighted by Gasteiger charge is 2.27. The van der Waals surface area contributed by atoms with Gasteiger partial charge in [-0.05, 0) is 13.8 Å². The predicted molar refractivity (Wildman–Crippen MR) is 63.5 cm³/mol. The van der Waals surface area contributed by atoms with Crippen molar-refractivity contribution in [1.29, 1.82) is 0 Å². The zero-order chi connectivity index (χ0) is 13.0. The molecule has 0 bridgehead atoms. The molecule has 1 aliphatic heterocycles. The lowest BCUT2D eigenvalue weighted by molar-refractivity contribution is -0.142. The van der Waals surface area contributed by atoms with Gasteiger partial charge in [-0.3, -0.25) is 14.5 Å². The fraction of sp³-hybridized carbons (Fsp3) is 0.818. The van der Waals surface area contributed by atoms with Gasteiger partial charge in [0.25, 0.3) is 0 Å². The predicted octanol–water partition coefficient (Wildman–Crippen LogP) is -0.659. The van der Waals surface area contributed by atoms with Crippen LogP contribution in [0.3, 0.4) is 0 Å². The van der Waals surface area contributed by atoms with Crippen LogP contribution in [0, 0.1) is 0 Å². The van der Waals surface area contributed by atoms with Crippen LogP contribution in [-0.4, -0.2) is 65.0 Å². The molecule has 1 amide bonds. The van der Waals surface area contributed by atoms with E-state index >= 15 is 0 Å². The molecule has 1 heterocycles. The Morgan fingerprint density at radius 3 is 2.18 bits per heavy atom. The van der Waals surface area contributed by atoms with Gasteiger partial charge in [0.2, 0.25) is 5.91 Å². The van der Waals surface area contributed by atoms with Gasteiger partial charge in [0.15, 0.2) is 0 Å². The summed E-state index contributed by atoms with van der Waals surface area (Å²) in [4.78, 5) is 26.3. The number of carboxylic acid groups (broad SMARTS) is 1. The van der Waals surface area contributed by atoms with Gasteiger partial charge in [-0.1, -0.05) is 0 Å². The van der Waals surface area contributed by atoms with Crippen LogP contribution in [0.4, 0.5) is 0 Å². The Bertz CT molecular complexity index is 286. The summed E-state index contributed by atoms with van der Waals surface area (Å²) in [6.45, 7) is 7.14. The van der Waals surface area contributed by atoms with Crippen molar-refractivity contribution in [2.45, 2.75) is 32.4 Å². The van der Waals surface area contributed by atoms with Crippen LogP contribution in [0.1, 0.15) is 20.3 Å². The van der Waals surface area contributed by atoms with E-state index in [9.17, 15) is 9.59 Å². The second-order valence-corrected chi connectivity index (χ2v) is 4.66. The summed E-state index contributed by atoms with van der Waals surface area (Å²) < 4.78 is 0. The maximum Gasteiger partial charge on any atom is 0.305 e. The van der Waals surface area contributed by atoms with Crippen molar-refractivity contribution in [3.05, 3.63) is 0 Å². The molecule has 0 aromatic rings. The van der Waals surface area contributed by atoms with E-state index in [1.165, 1.54) is 0 Å². The third kappa shape index (κ3) is 3.98. The lowest BCUT2D eigenvalue weighted by Gasteiger charge is -2.37. The first-order valence-corrected chi connectivity index (χ1v) is 5.92. The molecule has 0 aromatic carbocycles. The maximum atomic E-state index is 11.8. The van der Waals surface area contributed by atoms with Gasteiger partial charge in [0.1, 0.15) is 0 Å². The molecule has 1 unspecified atom stereocenters. The molecule has 0 spiro atoms. The quantitative estimate of drug-likeness (QED) is 0.684. The number of carbonyl (C=O) groups is 2. The van der Waals surface area contributed by atoms with Crippen LogP contribution >= 0.6 is 0 Å². The number of rotatable bonds is 4. The van der Waals surface area contributed by atoms with Crippen LogP contribution in [0.5, 0.6) is 0 Å². The molecule has 0 aromatic heterocycles. The number of hydrogen-bond donors (Lipinski definition) is 2. The fourth-order valence-electron chi connectivity index (χ4n) is 1.97. The van der Waals surface area contributed by atoms with Crippen molar-refractivity contribution in [2.75, 3.05) is 26.2 Å². The van der Waals surface area contributed by atoms with Gasteiger partial charge in [-0.2, -0.15) is 0 Å². The van der Waals surface area contributed by atoms with Gasteiger partial charge < -0.3 is 15.7 Å². The minimum atomic E-state index is -1.04. The van der Waals surface area contributed by atoms with Crippen LogP contribution in [-0.2, 0) is 9.59 Å². The van der Waals surface area contributed by atoms with Crippen molar-refractivity contribution in [3.63, 3.8) is 0 Å². The van der Waals surface area contributed by atoms with Gasteiger partial charge in [0.05, 0.1) is 12.5 Å². The highest BCUT2D eigenvalue weighted by Crippen LogP contribution is 2.07. The normalized spacial score (nSPS) is 19.4. The van der Waals surface area contributed by atoms with Crippen molar-refractivity contribution in [1.82, 2.24) is 9.80 Å². The van der Waals surface area contributed by atoms with Crippen molar-refractivity contribution >= 4 is 11.9 Å². The SMILES string of the molecule is CC(C)N1CCN(C(=O)C(N)CC(=O)O)CC1. The Labute approximate surface area is 101 Å². The summed E-state index contributed by atoms with van der Waals surface area (Å²) in [5, 5.41) is 8.59. The monoisotopic (exact) mass is 243 g/mol. The molecule has 0 saturated carbocycles. The summed E-state index contributed by atoms with van der Waals surface area (Å²) in [6.07, 6.45) is -0.302. The van der Waals surface area contributed by atoms with Gasteiger partial charge in [-0.25, -0.2) is 0 Å². The average molecular weight is 243 g/mol. The molecule has 6 heteroatoms. The van der Waals surface area contributed by atoms with Crippen LogP contribution in [0.25, 0.3) is 0 Å². The number of carbonyl (C=O) groups excluding carboxylic acids is 1. The Morgan fingerprint density at radius 2 is 1.76 bits per heavy atom. The molecule has 1 aliphatic rings. The molecule has 1 fully saturated rings. The standard InChI is InChI=1S/C11H21N3O3/c1-8(2)13-3-5-14(6-4-13)11(17)9(12)7-10(15)16/h8-9H,3-7,12H2,1-2H3,(H,15,16). The molecule has 0 aliphatic carbocycles. The summed E-state index contributed by atoms with van der Waals surface area (Å²) >= 11 is 0. The summed E-state index contributed by atoms with van der Waals surface area (Å²) in [5.41, 5.74) is 5.56. The van der Waals surface area contributed by atoms with Crippen molar-refractivity contribution in [3.8, 4) is 0 Å². The van der Waals surface area contributed by atoms with E-state index in [4.69, 9.17) is 10.8 Å². The van der Waals surface area contributed by atoms with Gasteiger partial charge >= 0.3 is 5.97 Å². The smallest absolute Gasteiger partial charge is 0.305 e. The first-order chi connectivity index (χ1) is 7.91. The van der Waals surface area contributed by atoms with Crippen LogP contribution < -0.4 is 5.73 Å². The topological polar surface area (TPSA) is 86.9 Å². The molecule has 17 heavy (non-hydrogen) atoms. The number of piperazine rings is 1. The first-order valence-electron chi connectivity index (χ1n) is 5.92. The minimum absolute atomic E-state index is 0.254. The number of carboxylic acids is 1. The average Bonchev–Trinajstić information content (AvgIpc) is 2.27. The van der Waals surface area contributed by atoms with Gasteiger partial charge in [-0.15, -0.1) is 0 Å². The molecule has 3 N–H and O–H groups in total. The third-order valence-electron chi connectivity index (χ3n) is 3.07.